The van der Waals surface area contributed by atoms with Crippen molar-refractivity contribution in [3.63, 3.8) is 0 Å². The highest BCUT2D eigenvalue weighted by Gasteiger charge is 2.13. The Morgan fingerprint density at radius 2 is 1.67 bits per heavy atom. The molecule has 12 heavy (non-hydrogen) atoms. The van der Waals surface area contributed by atoms with Crippen LogP contribution < -0.4 is 10.6 Å². The lowest BCUT2D eigenvalue weighted by atomic mass is 10.2. The van der Waals surface area contributed by atoms with Gasteiger partial charge in [-0.15, -0.1) is 0 Å². The van der Waals surface area contributed by atoms with E-state index in [0.29, 0.717) is 0 Å². The van der Waals surface area contributed by atoms with Crippen molar-refractivity contribution in [3.05, 3.63) is 0 Å². The van der Waals surface area contributed by atoms with Crippen LogP contribution in [0.5, 0.6) is 0 Å². The van der Waals surface area contributed by atoms with Gasteiger partial charge in [0.2, 0.25) is 0 Å². The van der Waals surface area contributed by atoms with Crippen molar-refractivity contribution in [1.82, 2.24) is 10.6 Å². The van der Waals surface area contributed by atoms with Crippen molar-refractivity contribution in [3.8, 4) is 0 Å². The molecule has 72 valence electrons. The molecule has 0 aromatic heterocycles. The first-order valence-electron chi connectivity index (χ1n) is 4.87. The first-order valence-corrected chi connectivity index (χ1v) is 6.16. The topological polar surface area (TPSA) is 24.1 Å². The molecule has 0 aliphatic carbocycles. The molecule has 2 nitrogen and oxygen atoms in total. The summed E-state index contributed by atoms with van der Waals surface area (Å²) in [5.41, 5.74) is 0. The number of hydrogen-bond donors (Lipinski definition) is 2. The van der Waals surface area contributed by atoms with Gasteiger partial charge in [0, 0.05) is 18.3 Å². The van der Waals surface area contributed by atoms with Crippen LogP contribution in [0, 0.1) is 0 Å². The summed E-state index contributed by atoms with van der Waals surface area (Å²) in [4.78, 5) is 0. The van der Waals surface area contributed by atoms with E-state index in [1.54, 1.807) is 0 Å². The van der Waals surface area contributed by atoms with Crippen molar-refractivity contribution in [2.75, 3.05) is 32.4 Å². The maximum absolute atomic E-state index is 3.28. The monoisotopic (exact) mass is 188 g/mol. The van der Waals surface area contributed by atoms with Gasteiger partial charge >= 0.3 is 0 Å². The molecule has 0 saturated carbocycles. The second-order valence-electron chi connectivity index (χ2n) is 3.33. The number of rotatable bonds is 1. The van der Waals surface area contributed by atoms with E-state index < -0.39 is 0 Å². The Bertz CT molecular complexity index is 86.4. The second kappa shape index (κ2) is 6.75. The van der Waals surface area contributed by atoms with E-state index in [2.05, 4.69) is 16.9 Å². The molecular weight excluding hydrogens is 168 g/mol. The molecule has 3 heteroatoms. The third-order valence-electron chi connectivity index (χ3n) is 2.28. The Morgan fingerprint density at radius 1 is 1.00 bits per heavy atom. The third-order valence-corrected chi connectivity index (χ3v) is 3.28. The fourth-order valence-electron chi connectivity index (χ4n) is 1.23. The highest BCUT2D eigenvalue weighted by molar-refractivity contribution is 7.99. The van der Waals surface area contributed by atoms with Gasteiger partial charge in [-0.05, 0) is 32.2 Å². The summed E-state index contributed by atoms with van der Waals surface area (Å²) < 4.78 is 0. The zero-order valence-corrected chi connectivity index (χ0v) is 8.75. The van der Waals surface area contributed by atoms with E-state index >= 15 is 0 Å². The Morgan fingerprint density at radius 3 is 1.75 bits per heavy atom. The normalized spacial score (nSPS) is 23.8. The Balaban J connectivity index is 0.000000120. The average Bonchev–Trinajstić information content (AvgIpc) is 2.07. The molecule has 2 aliphatic rings. The van der Waals surface area contributed by atoms with Crippen LogP contribution >= 0.6 is 11.8 Å². The zero-order chi connectivity index (χ0) is 8.65. The van der Waals surface area contributed by atoms with Gasteiger partial charge in [0.1, 0.15) is 0 Å². The van der Waals surface area contributed by atoms with E-state index in [9.17, 15) is 0 Å². The lowest BCUT2D eigenvalue weighted by Crippen LogP contribution is -2.44. The van der Waals surface area contributed by atoms with Crippen LogP contribution in [0.1, 0.15) is 19.3 Å². The molecule has 0 spiro atoms. The first-order chi connectivity index (χ1) is 5.93. The van der Waals surface area contributed by atoms with Gasteiger partial charge in [-0.25, -0.2) is 0 Å². The van der Waals surface area contributed by atoms with E-state index in [0.717, 1.165) is 5.25 Å². The minimum Gasteiger partial charge on any atom is -0.317 e. The first kappa shape index (κ1) is 10.4. The summed E-state index contributed by atoms with van der Waals surface area (Å²) in [5, 5.41) is 7.40. The van der Waals surface area contributed by atoms with Gasteiger partial charge in [-0.3, -0.25) is 0 Å². The van der Waals surface area contributed by atoms with Crippen LogP contribution in [0.4, 0.5) is 0 Å². The molecule has 0 bridgehead atoms. The van der Waals surface area contributed by atoms with Crippen LogP contribution in [0.3, 0.4) is 0 Å². The van der Waals surface area contributed by atoms with Gasteiger partial charge < -0.3 is 10.6 Å². The van der Waals surface area contributed by atoms with Gasteiger partial charge in [0.05, 0.1) is 0 Å². The highest BCUT2D eigenvalue weighted by Crippen LogP contribution is 2.08. The van der Waals surface area contributed by atoms with Gasteiger partial charge in [0.25, 0.3) is 0 Å². The SMILES string of the molecule is C1CCNCC1.CSC1CNC1. The van der Waals surface area contributed by atoms with Crippen molar-refractivity contribution in [1.29, 1.82) is 0 Å². The molecular formula is C9H20N2S. The molecule has 0 amide bonds. The zero-order valence-electron chi connectivity index (χ0n) is 7.94. The van der Waals surface area contributed by atoms with Crippen molar-refractivity contribution >= 4 is 11.8 Å². The molecule has 0 aromatic carbocycles. The van der Waals surface area contributed by atoms with E-state index in [-0.39, 0.29) is 0 Å². The van der Waals surface area contributed by atoms with Crippen LogP contribution in [-0.4, -0.2) is 37.7 Å². The minimum atomic E-state index is 0.921. The Hall–Kier alpha value is 0.270. The number of thioether (sulfide) groups is 1. The quantitative estimate of drug-likeness (QED) is 0.644. The smallest absolute Gasteiger partial charge is 0.0294 e. The highest BCUT2D eigenvalue weighted by atomic mass is 32.2. The average molecular weight is 188 g/mol. The molecule has 2 heterocycles. The molecule has 0 atom stereocenters. The summed E-state index contributed by atoms with van der Waals surface area (Å²) in [6.45, 7) is 4.95. The fraction of sp³-hybridized carbons (Fsp3) is 1.00. The summed E-state index contributed by atoms with van der Waals surface area (Å²) in [5.74, 6) is 0. The summed E-state index contributed by atoms with van der Waals surface area (Å²) in [6, 6.07) is 0. The van der Waals surface area contributed by atoms with Gasteiger partial charge in [0.15, 0.2) is 0 Å². The maximum Gasteiger partial charge on any atom is 0.0294 e. The van der Waals surface area contributed by atoms with E-state index in [1.165, 1.54) is 45.4 Å². The Kier molecular flexibility index (Phi) is 5.82. The minimum absolute atomic E-state index is 0.921. The molecule has 0 aromatic rings. The molecule has 2 N–H and O–H groups in total. The maximum atomic E-state index is 3.28. The molecule has 0 unspecified atom stereocenters. The largest absolute Gasteiger partial charge is 0.317 e. The molecule has 2 fully saturated rings. The van der Waals surface area contributed by atoms with Crippen molar-refractivity contribution in [2.24, 2.45) is 0 Å². The van der Waals surface area contributed by atoms with E-state index in [4.69, 9.17) is 0 Å². The standard InChI is InChI=1S/C5H11N.C4H9NS/c1-2-4-6-5-3-1;1-6-4-2-5-3-4/h6H,1-5H2;4-5H,2-3H2,1H3. The Labute approximate surface area is 79.9 Å². The lowest BCUT2D eigenvalue weighted by molar-refractivity contribution is 0.520. The van der Waals surface area contributed by atoms with Crippen LogP contribution in [0.2, 0.25) is 0 Å². The summed E-state index contributed by atoms with van der Waals surface area (Å²) in [6.07, 6.45) is 6.37. The summed E-state index contributed by atoms with van der Waals surface area (Å²) in [7, 11) is 0. The lowest BCUT2D eigenvalue weighted by Gasteiger charge is -2.24. The number of nitrogens with one attached hydrogen (secondary N) is 2. The number of piperidine rings is 1. The van der Waals surface area contributed by atoms with Crippen molar-refractivity contribution in [2.45, 2.75) is 24.5 Å². The van der Waals surface area contributed by atoms with Crippen LogP contribution in [0.25, 0.3) is 0 Å². The molecule has 0 radical (unpaired) electrons. The molecule has 2 saturated heterocycles. The predicted octanol–water partition coefficient (Wildman–Crippen LogP) is 1.08. The molecule has 2 rings (SSSR count). The summed E-state index contributed by atoms with van der Waals surface area (Å²) >= 11 is 1.95. The predicted molar refractivity (Wildman–Crippen MR) is 56.9 cm³/mol. The fourth-order valence-corrected chi connectivity index (χ4v) is 1.80. The van der Waals surface area contributed by atoms with Crippen LogP contribution in [0.15, 0.2) is 0 Å². The van der Waals surface area contributed by atoms with Crippen molar-refractivity contribution < 1.29 is 0 Å². The number of hydrogen-bond acceptors (Lipinski definition) is 3. The molecule has 2 aliphatic heterocycles. The van der Waals surface area contributed by atoms with Crippen LogP contribution in [-0.2, 0) is 0 Å². The third kappa shape index (κ3) is 4.33. The second-order valence-corrected chi connectivity index (χ2v) is 4.46. The van der Waals surface area contributed by atoms with Gasteiger partial charge in [-0.2, -0.15) is 11.8 Å². The van der Waals surface area contributed by atoms with E-state index in [1.807, 2.05) is 11.8 Å². The van der Waals surface area contributed by atoms with Gasteiger partial charge in [-0.1, -0.05) is 6.42 Å².